The van der Waals surface area contributed by atoms with Gasteiger partial charge in [-0.05, 0) is 42.3 Å². The Morgan fingerprint density at radius 1 is 1.18 bits per heavy atom. The fourth-order valence-electron chi connectivity index (χ4n) is 4.25. The van der Waals surface area contributed by atoms with Crippen molar-refractivity contribution in [3.05, 3.63) is 52.2 Å². The highest BCUT2D eigenvalue weighted by Crippen LogP contribution is 2.36. The van der Waals surface area contributed by atoms with Crippen LogP contribution < -0.4 is 4.90 Å². The molecule has 2 aliphatic heterocycles. The average molecular weight is 399 g/mol. The van der Waals surface area contributed by atoms with Crippen molar-refractivity contribution in [3.63, 3.8) is 0 Å². The van der Waals surface area contributed by atoms with Crippen LogP contribution in [0.4, 0.5) is 5.69 Å². The molecular weight excluding hydrogens is 372 g/mol. The summed E-state index contributed by atoms with van der Waals surface area (Å²) >= 11 is 1.59. The fraction of sp³-hybridized carbons (Fsp3) is 0.455. The Balaban J connectivity index is 1.40. The summed E-state index contributed by atoms with van der Waals surface area (Å²) in [6.07, 6.45) is 2.41. The number of anilines is 1. The molecule has 0 spiro atoms. The number of fused-ring (bicyclic) bond motifs is 1. The summed E-state index contributed by atoms with van der Waals surface area (Å²) in [6, 6.07) is 11.6. The SMILES string of the molecule is CC(CN1CCC(O)(c2cccs2)CC1)C(=O)N1C(=O)CCc2ccccc21. The minimum Gasteiger partial charge on any atom is -0.384 e. The predicted molar refractivity (Wildman–Crippen MR) is 110 cm³/mol. The van der Waals surface area contributed by atoms with E-state index in [1.54, 1.807) is 11.3 Å². The van der Waals surface area contributed by atoms with Crippen LogP contribution >= 0.6 is 11.3 Å². The number of aliphatic hydroxyl groups is 1. The van der Waals surface area contributed by atoms with E-state index in [4.69, 9.17) is 0 Å². The van der Waals surface area contributed by atoms with E-state index in [1.165, 1.54) is 4.90 Å². The number of carbonyl (C=O) groups excluding carboxylic acids is 2. The molecule has 0 aliphatic carbocycles. The number of likely N-dealkylation sites (tertiary alicyclic amines) is 1. The number of para-hydroxylation sites is 1. The van der Waals surface area contributed by atoms with Crippen molar-refractivity contribution in [1.82, 2.24) is 4.90 Å². The van der Waals surface area contributed by atoms with Crippen LogP contribution in [0.15, 0.2) is 41.8 Å². The number of piperidine rings is 1. The Morgan fingerprint density at radius 2 is 1.93 bits per heavy atom. The largest absolute Gasteiger partial charge is 0.384 e. The molecule has 1 atom stereocenters. The number of rotatable bonds is 4. The summed E-state index contributed by atoms with van der Waals surface area (Å²) in [7, 11) is 0. The first-order valence-electron chi connectivity index (χ1n) is 9.91. The maximum atomic E-state index is 13.1. The van der Waals surface area contributed by atoms with Crippen molar-refractivity contribution in [2.24, 2.45) is 5.92 Å². The molecule has 2 aliphatic rings. The quantitative estimate of drug-likeness (QED) is 0.859. The highest BCUT2D eigenvalue weighted by Gasteiger charge is 2.37. The normalized spacial score (nSPS) is 20.6. The van der Waals surface area contributed by atoms with E-state index in [9.17, 15) is 14.7 Å². The van der Waals surface area contributed by atoms with Gasteiger partial charge in [0.15, 0.2) is 0 Å². The minimum atomic E-state index is -0.750. The molecule has 1 fully saturated rings. The van der Waals surface area contributed by atoms with Gasteiger partial charge in [0.05, 0.1) is 5.69 Å². The number of benzene rings is 1. The Bertz CT molecular complexity index is 856. The third-order valence-corrected chi connectivity index (χ3v) is 6.99. The second kappa shape index (κ2) is 7.78. The number of thiophene rings is 1. The Morgan fingerprint density at radius 3 is 2.64 bits per heavy atom. The van der Waals surface area contributed by atoms with E-state index < -0.39 is 5.60 Å². The van der Waals surface area contributed by atoms with Crippen molar-refractivity contribution < 1.29 is 14.7 Å². The molecule has 3 heterocycles. The van der Waals surface area contributed by atoms with E-state index in [0.29, 0.717) is 32.2 Å². The van der Waals surface area contributed by atoms with Crippen molar-refractivity contribution >= 4 is 28.8 Å². The molecule has 4 rings (SSSR count). The Labute approximate surface area is 169 Å². The lowest BCUT2D eigenvalue weighted by molar-refractivity contribution is -0.129. The van der Waals surface area contributed by atoms with Crippen molar-refractivity contribution in [3.8, 4) is 0 Å². The molecule has 1 unspecified atom stereocenters. The minimum absolute atomic E-state index is 0.110. The molecule has 148 valence electrons. The Kier molecular flexibility index (Phi) is 5.36. The van der Waals surface area contributed by atoms with Crippen LogP contribution in [-0.2, 0) is 21.6 Å². The molecule has 0 radical (unpaired) electrons. The standard InChI is InChI=1S/C22H26N2O3S/c1-16(15-23-12-10-22(27,11-13-23)19-7-4-14-28-19)21(26)24-18-6-3-2-5-17(18)8-9-20(24)25/h2-7,14,16,27H,8-13,15H2,1H3. The maximum absolute atomic E-state index is 13.1. The topological polar surface area (TPSA) is 60.9 Å². The monoisotopic (exact) mass is 398 g/mol. The number of hydrogen-bond donors (Lipinski definition) is 1. The van der Waals surface area contributed by atoms with Crippen LogP contribution in [0.2, 0.25) is 0 Å². The van der Waals surface area contributed by atoms with Gasteiger partial charge < -0.3 is 10.0 Å². The zero-order valence-corrected chi connectivity index (χ0v) is 17.0. The molecule has 28 heavy (non-hydrogen) atoms. The molecule has 2 amide bonds. The first-order chi connectivity index (χ1) is 13.5. The van der Waals surface area contributed by atoms with Gasteiger partial charge >= 0.3 is 0 Å². The number of carbonyl (C=O) groups is 2. The molecule has 0 bridgehead atoms. The van der Waals surface area contributed by atoms with Gasteiger partial charge in [-0.15, -0.1) is 11.3 Å². The van der Waals surface area contributed by atoms with E-state index in [1.807, 2.05) is 48.7 Å². The van der Waals surface area contributed by atoms with Crippen LogP contribution in [0.1, 0.15) is 36.6 Å². The predicted octanol–water partition coefficient (Wildman–Crippen LogP) is 3.17. The van der Waals surface area contributed by atoms with Gasteiger partial charge in [-0.2, -0.15) is 0 Å². The van der Waals surface area contributed by atoms with Gasteiger partial charge in [-0.3, -0.25) is 14.5 Å². The van der Waals surface area contributed by atoms with Crippen LogP contribution in [0.5, 0.6) is 0 Å². The van der Waals surface area contributed by atoms with Crippen LogP contribution in [0.3, 0.4) is 0 Å². The van der Waals surface area contributed by atoms with Gasteiger partial charge in [-0.25, -0.2) is 0 Å². The molecule has 1 saturated heterocycles. The zero-order chi connectivity index (χ0) is 19.7. The fourth-order valence-corrected chi connectivity index (χ4v) is 5.14. The Hall–Kier alpha value is -2.02. The lowest BCUT2D eigenvalue weighted by atomic mass is 9.89. The van der Waals surface area contributed by atoms with Gasteiger partial charge in [0.1, 0.15) is 5.60 Å². The first-order valence-corrected chi connectivity index (χ1v) is 10.8. The maximum Gasteiger partial charge on any atom is 0.237 e. The van der Waals surface area contributed by atoms with Crippen molar-refractivity contribution in [2.45, 2.75) is 38.2 Å². The van der Waals surface area contributed by atoms with E-state index in [-0.39, 0.29) is 17.7 Å². The summed E-state index contributed by atoms with van der Waals surface area (Å²) in [5.74, 6) is -0.513. The summed E-state index contributed by atoms with van der Waals surface area (Å²) in [5, 5.41) is 12.9. The highest BCUT2D eigenvalue weighted by molar-refractivity contribution is 7.10. The molecule has 0 saturated carbocycles. The van der Waals surface area contributed by atoms with E-state index in [0.717, 1.165) is 29.2 Å². The number of hydrogen-bond acceptors (Lipinski definition) is 5. The number of imide groups is 1. The smallest absolute Gasteiger partial charge is 0.237 e. The molecule has 2 aromatic rings. The van der Waals surface area contributed by atoms with Crippen molar-refractivity contribution in [2.75, 3.05) is 24.5 Å². The average Bonchev–Trinajstić information content (AvgIpc) is 3.25. The van der Waals surface area contributed by atoms with E-state index >= 15 is 0 Å². The summed E-state index contributed by atoms with van der Waals surface area (Å²) in [4.78, 5) is 30.2. The third-order valence-electron chi connectivity index (χ3n) is 5.93. The van der Waals surface area contributed by atoms with E-state index in [2.05, 4.69) is 4.90 Å². The summed E-state index contributed by atoms with van der Waals surface area (Å²) in [6.45, 7) is 3.99. The summed E-state index contributed by atoms with van der Waals surface area (Å²) < 4.78 is 0. The van der Waals surface area contributed by atoms with Gasteiger partial charge in [0.2, 0.25) is 11.8 Å². The second-order valence-electron chi connectivity index (χ2n) is 7.91. The molecule has 1 aromatic carbocycles. The third kappa shape index (κ3) is 3.64. The number of nitrogens with zero attached hydrogens (tertiary/aromatic N) is 2. The van der Waals surface area contributed by atoms with Gasteiger partial charge in [-0.1, -0.05) is 31.2 Å². The summed E-state index contributed by atoms with van der Waals surface area (Å²) in [5.41, 5.74) is 1.04. The van der Waals surface area contributed by atoms with Gasteiger partial charge in [0.25, 0.3) is 0 Å². The second-order valence-corrected chi connectivity index (χ2v) is 8.85. The van der Waals surface area contributed by atoms with Crippen LogP contribution in [0, 0.1) is 5.92 Å². The van der Waals surface area contributed by atoms with Crippen LogP contribution in [0.25, 0.3) is 0 Å². The van der Waals surface area contributed by atoms with Crippen LogP contribution in [-0.4, -0.2) is 41.5 Å². The molecule has 5 nitrogen and oxygen atoms in total. The van der Waals surface area contributed by atoms with Gasteiger partial charge in [0, 0.05) is 36.9 Å². The molecule has 1 N–H and O–H groups in total. The highest BCUT2D eigenvalue weighted by atomic mass is 32.1. The number of amides is 2. The lowest BCUT2D eigenvalue weighted by Gasteiger charge is -2.39. The zero-order valence-electron chi connectivity index (χ0n) is 16.1. The molecule has 6 heteroatoms. The molecule has 1 aromatic heterocycles. The first kappa shape index (κ1) is 19.3. The van der Waals surface area contributed by atoms with Crippen molar-refractivity contribution in [1.29, 1.82) is 0 Å². The molecular formula is C22H26N2O3S. The number of aryl methyl sites for hydroxylation is 1. The lowest BCUT2D eigenvalue weighted by Crippen LogP contribution is -2.48.